The van der Waals surface area contributed by atoms with Crippen LogP contribution in [0.4, 0.5) is 0 Å². The maximum Gasteiger partial charge on any atom is 0.308 e. The molecule has 2 fully saturated rings. The van der Waals surface area contributed by atoms with Crippen LogP contribution in [0.5, 0.6) is 0 Å². The number of hydrogen-bond acceptors (Lipinski definition) is 4. The number of fused-ring (bicyclic) bond motifs is 1. The highest BCUT2D eigenvalue weighted by Gasteiger charge is 2.39. The third-order valence-corrected chi connectivity index (χ3v) is 7.31. The van der Waals surface area contributed by atoms with Gasteiger partial charge in [0.1, 0.15) is 0 Å². The van der Waals surface area contributed by atoms with Crippen molar-refractivity contribution in [2.75, 3.05) is 6.61 Å². The summed E-state index contributed by atoms with van der Waals surface area (Å²) in [5, 5.41) is 6.30. The molecule has 4 rings (SSSR count). The molecule has 0 amide bonds. The highest BCUT2D eigenvalue weighted by atomic mass is 16.5. The molecule has 162 valence electrons. The van der Waals surface area contributed by atoms with Crippen molar-refractivity contribution in [3.05, 3.63) is 29.5 Å². The molecule has 0 atom stereocenters. The molecule has 0 bridgehead atoms. The normalized spacial score (nSPS) is 25.3. The fourth-order valence-electron chi connectivity index (χ4n) is 5.49. The highest BCUT2D eigenvalue weighted by Crippen LogP contribution is 2.44. The molecular weight excluding hydrogens is 374 g/mol. The summed E-state index contributed by atoms with van der Waals surface area (Å²) in [7, 11) is 0. The van der Waals surface area contributed by atoms with E-state index in [2.05, 4.69) is 41.5 Å². The minimum atomic E-state index is -0.314. The molecule has 0 radical (unpaired) electrons. The van der Waals surface area contributed by atoms with Crippen LogP contribution in [0.15, 0.2) is 23.2 Å². The van der Waals surface area contributed by atoms with Crippen molar-refractivity contribution in [1.29, 1.82) is 0 Å². The van der Waals surface area contributed by atoms with E-state index in [0.29, 0.717) is 12.6 Å². The molecule has 0 unspecified atom stereocenters. The van der Waals surface area contributed by atoms with E-state index >= 15 is 0 Å². The van der Waals surface area contributed by atoms with Gasteiger partial charge in [-0.25, -0.2) is 0 Å². The summed E-state index contributed by atoms with van der Waals surface area (Å²) in [5.74, 6) is -0.0726. The molecule has 1 aromatic heterocycles. The van der Waals surface area contributed by atoms with E-state index in [1.54, 1.807) is 0 Å². The average molecular weight is 410 g/mol. The van der Waals surface area contributed by atoms with Crippen molar-refractivity contribution in [1.82, 2.24) is 9.78 Å². The number of nitrogens with zero attached hydrogens (tertiary/aromatic N) is 3. The Kier molecular flexibility index (Phi) is 6.26. The predicted molar refractivity (Wildman–Crippen MR) is 121 cm³/mol. The molecule has 2 aliphatic carbocycles. The summed E-state index contributed by atoms with van der Waals surface area (Å²) >= 11 is 0. The predicted octanol–water partition coefficient (Wildman–Crippen LogP) is 5.75. The number of carbonyl (C=O) groups is 1. The molecular formula is C25H35N3O2. The van der Waals surface area contributed by atoms with Gasteiger partial charge in [0.2, 0.25) is 0 Å². The number of esters is 1. The van der Waals surface area contributed by atoms with Crippen LogP contribution in [-0.4, -0.2) is 29.1 Å². The van der Waals surface area contributed by atoms with Gasteiger partial charge >= 0.3 is 5.97 Å². The van der Waals surface area contributed by atoms with Crippen molar-refractivity contribution < 1.29 is 9.53 Å². The number of aromatic nitrogens is 2. The Balaban J connectivity index is 1.66. The van der Waals surface area contributed by atoms with E-state index in [-0.39, 0.29) is 17.4 Å². The lowest BCUT2D eigenvalue weighted by Gasteiger charge is -2.36. The summed E-state index contributed by atoms with van der Waals surface area (Å²) in [6.07, 6.45) is 10.6. The number of ether oxygens (including phenoxy) is 1. The molecule has 5 heteroatoms. The Bertz CT molecular complexity index is 902. The summed E-state index contributed by atoms with van der Waals surface area (Å²) in [6, 6.07) is 7.27. The van der Waals surface area contributed by atoms with Gasteiger partial charge in [-0.05, 0) is 70.2 Å². The smallest absolute Gasteiger partial charge is 0.308 e. The molecule has 1 aromatic carbocycles. The monoisotopic (exact) mass is 409 g/mol. The van der Waals surface area contributed by atoms with E-state index < -0.39 is 0 Å². The fourth-order valence-corrected chi connectivity index (χ4v) is 5.49. The standard InChI is InChI=1S/C25H35N3O2/c1-4-22-21-12-11-19(17-23(21)28(27-22)20-9-7-6-8-10-20)25(26-3)15-13-18(14-16-25)24(29)30-5-2/h11-12,17-18,20H,3-10,13-16H2,1-2H3. The maximum absolute atomic E-state index is 12.2. The quantitative estimate of drug-likeness (QED) is 0.451. The van der Waals surface area contributed by atoms with Crippen LogP contribution in [0.25, 0.3) is 10.9 Å². The van der Waals surface area contributed by atoms with Crippen molar-refractivity contribution in [3.63, 3.8) is 0 Å². The lowest BCUT2D eigenvalue weighted by Crippen LogP contribution is -2.33. The Morgan fingerprint density at radius 2 is 1.93 bits per heavy atom. The number of aryl methyl sites for hydroxylation is 1. The van der Waals surface area contributed by atoms with Gasteiger partial charge in [0.25, 0.3) is 0 Å². The number of carbonyl (C=O) groups excluding carboxylic acids is 1. The number of benzene rings is 1. The Labute approximate surface area is 179 Å². The van der Waals surface area contributed by atoms with Gasteiger partial charge in [-0.1, -0.05) is 38.3 Å². The van der Waals surface area contributed by atoms with Crippen LogP contribution in [0.2, 0.25) is 0 Å². The van der Waals surface area contributed by atoms with Gasteiger partial charge in [-0.2, -0.15) is 5.10 Å². The number of aliphatic imine (C=N–C) groups is 1. The van der Waals surface area contributed by atoms with Crippen LogP contribution in [0.3, 0.4) is 0 Å². The average Bonchev–Trinajstić information content (AvgIpc) is 3.18. The summed E-state index contributed by atoms with van der Waals surface area (Å²) < 4.78 is 7.55. The molecule has 0 aliphatic heterocycles. The first-order valence-corrected chi connectivity index (χ1v) is 11.8. The van der Waals surface area contributed by atoms with Crippen molar-refractivity contribution in [3.8, 4) is 0 Å². The van der Waals surface area contributed by atoms with E-state index in [1.165, 1.54) is 54.3 Å². The van der Waals surface area contributed by atoms with E-state index in [9.17, 15) is 4.79 Å². The van der Waals surface area contributed by atoms with Crippen LogP contribution < -0.4 is 0 Å². The minimum absolute atomic E-state index is 0.0111. The van der Waals surface area contributed by atoms with Crippen molar-refractivity contribution in [2.24, 2.45) is 10.9 Å². The molecule has 2 aliphatic rings. The van der Waals surface area contributed by atoms with E-state index in [0.717, 1.165) is 32.1 Å². The zero-order valence-electron chi connectivity index (χ0n) is 18.5. The van der Waals surface area contributed by atoms with Gasteiger partial charge in [0.05, 0.1) is 35.3 Å². The molecule has 1 heterocycles. The highest BCUT2D eigenvalue weighted by molar-refractivity contribution is 5.83. The molecule has 0 N–H and O–H groups in total. The van der Waals surface area contributed by atoms with Gasteiger partial charge in [0, 0.05) is 5.39 Å². The topological polar surface area (TPSA) is 56.5 Å². The second-order valence-corrected chi connectivity index (χ2v) is 8.98. The third-order valence-electron chi connectivity index (χ3n) is 7.31. The summed E-state index contributed by atoms with van der Waals surface area (Å²) in [5.41, 5.74) is 3.33. The van der Waals surface area contributed by atoms with Gasteiger partial charge in [-0.15, -0.1) is 0 Å². The third kappa shape index (κ3) is 3.79. The molecule has 2 aromatic rings. The molecule has 0 saturated heterocycles. The zero-order chi connectivity index (χ0) is 21.1. The van der Waals surface area contributed by atoms with Gasteiger partial charge < -0.3 is 4.74 Å². The van der Waals surface area contributed by atoms with Crippen LogP contribution >= 0.6 is 0 Å². The lowest BCUT2D eigenvalue weighted by molar-refractivity contribution is -0.149. The second-order valence-electron chi connectivity index (χ2n) is 8.98. The Hall–Kier alpha value is -2.17. The second kappa shape index (κ2) is 8.91. The molecule has 30 heavy (non-hydrogen) atoms. The summed E-state index contributed by atoms with van der Waals surface area (Å²) in [6.45, 7) is 8.46. The first-order chi connectivity index (χ1) is 14.6. The largest absolute Gasteiger partial charge is 0.466 e. The first kappa shape index (κ1) is 21.1. The maximum atomic E-state index is 12.2. The van der Waals surface area contributed by atoms with Crippen molar-refractivity contribution in [2.45, 2.75) is 89.6 Å². The van der Waals surface area contributed by atoms with Gasteiger partial charge in [0.15, 0.2) is 0 Å². The number of rotatable bonds is 6. The van der Waals surface area contributed by atoms with Gasteiger partial charge in [-0.3, -0.25) is 14.5 Å². The number of hydrogen-bond donors (Lipinski definition) is 0. The Morgan fingerprint density at radius 3 is 2.57 bits per heavy atom. The van der Waals surface area contributed by atoms with Crippen LogP contribution in [0, 0.1) is 5.92 Å². The van der Waals surface area contributed by atoms with E-state index in [1.807, 2.05) is 6.92 Å². The molecule has 2 saturated carbocycles. The zero-order valence-corrected chi connectivity index (χ0v) is 18.5. The minimum Gasteiger partial charge on any atom is -0.466 e. The Morgan fingerprint density at radius 1 is 1.20 bits per heavy atom. The summed E-state index contributed by atoms with van der Waals surface area (Å²) in [4.78, 5) is 16.8. The van der Waals surface area contributed by atoms with E-state index in [4.69, 9.17) is 9.84 Å². The van der Waals surface area contributed by atoms with Crippen molar-refractivity contribution >= 4 is 23.6 Å². The SMILES string of the molecule is C=NC1(c2ccc3c(CC)nn(C4CCCCC4)c3c2)CCC(C(=O)OCC)CC1. The molecule has 5 nitrogen and oxygen atoms in total. The van der Waals surface area contributed by atoms with Crippen LogP contribution in [0.1, 0.15) is 88.9 Å². The lowest BCUT2D eigenvalue weighted by atomic mass is 9.73. The fraction of sp³-hybridized carbons (Fsp3) is 0.640. The first-order valence-electron chi connectivity index (χ1n) is 11.8. The van der Waals surface area contributed by atoms with Crippen LogP contribution in [-0.2, 0) is 21.5 Å². The molecule has 0 spiro atoms.